The lowest BCUT2D eigenvalue weighted by molar-refractivity contribution is -0.118. The molecule has 3 heteroatoms. The highest BCUT2D eigenvalue weighted by molar-refractivity contribution is 5.72. The molecule has 1 aliphatic carbocycles. The highest BCUT2D eigenvalue weighted by Crippen LogP contribution is 2.25. The fraction of sp³-hybridized carbons (Fsp3) is 0.611. The first-order valence-corrected chi connectivity index (χ1v) is 8.26. The van der Waals surface area contributed by atoms with Crippen LogP contribution in [0.1, 0.15) is 44.2 Å². The summed E-state index contributed by atoms with van der Waals surface area (Å²) in [4.78, 5) is 13.5. The van der Waals surface area contributed by atoms with Gasteiger partial charge in [-0.25, -0.2) is 0 Å². The molecule has 21 heavy (non-hydrogen) atoms. The second-order valence-corrected chi connectivity index (χ2v) is 6.06. The first kappa shape index (κ1) is 16.0. The quantitative estimate of drug-likeness (QED) is 0.746. The van der Waals surface area contributed by atoms with E-state index in [1.54, 1.807) is 6.92 Å². The van der Waals surface area contributed by atoms with E-state index in [-0.39, 0.29) is 5.91 Å². The van der Waals surface area contributed by atoms with E-state index >= 15 is 0 Å². The van der Waals surface area contributed by atoms with Crippen molar-refractivity contribution in [1.82, 2.24) is 10.2 Å². The van der Waals surface area contributed by atoms with Gasteiger partial charge in [0.1, 0.15) is 0 Å². The maximum atomic E-state index is 10.9. The SMILES string of the molecule is CCCN(CCCCNC(C)=O)C1Cc2ccccc2C1. The van der Waals surface area contributed by atoms with Crippen molar-refractivity contribution in [2.24, 2.45) is 0 Å². The van der Waals surface area contributed by atoms with Crippen molar-refractivity contribution in [3.05, 3.63) is 35.4 Å². The number of carbonyl (C=O) groups excluding carboxylic acids is 1. The number of unbranched alkanes of at least 4 members (excludes halogenated alkanes) is 1. The average molecular weight is 288 g/mol. The van der Waals surface area contributed by atoms with Crippen LogP contribution in [0.15, 0.2) is 24.3 Å². The number of benzene rings is 1. The maximum absolute atomic E-state index is 10.9. The third kappa shape index (κ3) is 4.85. The van der Waals surface area contributed by atoms with E-state index in [9.17, 15) is 4.79 Å². The summed E-state index contributed by atoms with van der Waals surface area (Å²) in [6.45, 7) is 6.97. The average Bonchev–Trinajstić information content (AvgIpc) is 2.89. The van der Waals surface area contributed by atoms with E-state index in [1.165, 1.54) is 36.9 Å². The fourth-order valence-electron chi connectivity index (χ4n) is 3.26. The van der Waals surface area contributed by atoms with Gasteiger partial charge in [-0.15, -0.1) is 0 Å². The zero-order valence-electron chi connectivity index (χ0n) is 13.4. The van der Waals surface area contributed by atoms with Gasteiger partial charge >= 0.3 is 0 Å². The molecular formula is C18H28N2O. The Kier molecular flexibility index (Phi) is 6.24. The molecule has 1 aliphatic rings. The molecule has 3 nitrogen and oxygen atoms in total. The zero-order chi connectivity index (χ0) is 15.1. The number of rotatable bonds is 8. The molecular weight excluding hydrogens is 260 g/mol. The first-order chi connectivity index (χ1) is 10.2. The van der Waals surface area contributed by atoms with Crippen LogP contribution < -0.4 is 5.32 Å². The highest BCUT2D eigenvalue weighted by Gasteiger charge is 2.25. The molecule has 0 fully saturated rings. The Morgan fingerprint density at radius 1 is 1.19 bits per heavy atom. The van der Waals surface area contributed by atoms with Crippen LogP contribution in [0.5, 0.6) is 0 Å². The molecule has 0 saturated carbocycles. The van der Waals surface area contributed by atoms with Crippen LogP contribution in [0, 0.1) is 0 Å². The van der Waals surface area contributed by atoms with Crippen molar-refractivity contribution in [1.29, 1.82) is 0 Å². The topological polar surface area (TPSA) is 32.3 Å². The van der Waals surface area contributed by atoms with Crippen LogP contribution in [0.4, 0.5) is 0 Å². The van der Waals surface area contributed by atoms with Gasteiger partial charge in [0.15, 0.2) is 0 Å². The van der Waals surface area contributed by atoms with Crippen LogP contribution in [0.2, 0.25) is 0 Å². The molecule has 0 bridgehead atoms. The van der Waals surface area contributed by atoms with Gasteiger partial charge in [-0.05, 0) is 56.3 Å². The predicted molar refractivity (Wildman–Crippen MR) is 87.4 cm³/mol. The molecule has 0 heterocycles. The van der Waals surface area contributed by atoms with Gasteiger partial charge in [-0.3, -0.25) is 9.69 Å². The van der Waals surface area contributed by atoms with Gasteiger partial charge in [0.05, 0.1) is 0 Å². The molecule has 116 valence electrons. The van der Waals surface area contributed by atoms with Crippen molar-refractivity contribution in [3.63, 3.8) is 0 Å². The summed E-state index contributed by atoms with van der Waals surface area (Å²) < 4.78 is 0. The minimum absolute atomic E-state index is 0.0756. The van der Waals surface area contributed by atoms with Gasteiger partial charge in [0.25, 0.3) is 0 Å². The smallest absolute Gasteiger partial charge is 0.216 e. The Labute approximate surface area is 128 Å². The van der Waals surface area contributed by atoms with E-state index in [1.807, 2.05) is 0 Å². The van der Waals surface area contributed by atoms with E-state index in [0.717, 1.165) is 25.9 Å². The van der Waals surface area contributed by atoms with E-state index in [4.69, 9.17) is 0 Å². The molecule has 0 aromatic heterocycles. The third-order valence-electron chi connectivity index (χ3n) is 4.30. The summed E-state index contributed by atoms with van der Waals surface area (Å²) in [7, 11) is 0. The molecule has 2 rings (SSSR count). The molecule has 0 spiro atoms. The Hall–Kier alpha value is -1.35. The largest absolute Gasteiger partial charge is 0.356 e. The van der Waals surface area contributed by atoms with E-state index in [0.29, 0.717) is 6.04 Å². The second kappa shape index (κ2) is 8.18. The van der Waals surface area contributed by atoms with Crippen LogP contribution >= 0.6 is 0 Å². The van der Waals surface area contributed by atoms with Crippen molar-refractivity contribution in [3.8, 4) is 0 Å². The molecule has 0 aliphatic heterocycles. The van der Waals surface area contributed by atoms with E-state index in [2.05, 4.69) is 41.4 Å². The van der Waals surface area contributed by atoms with Gasteiger partial charge in [0.2, 0.25) is 5.91 Å². The van der Waals surface area contributed by atoms with Crippen LogP contribution in [-0.2, 0) is 17.6 Å². The van der Waals surface area contributed by atoms with Crippen LogP contribution in [0.3, 0.4) is 0 Å². The van der Waals surface area contributed by atoms with Crippen molar-refractivity contribution < 1.29 is 4.79 Å². The van der Waals surface area contributed by atoms with Crippen LogP contribution in [-0.4, -0.2) is 36.5 Å². The lowest BCUT2D eigenvalue weighted by Gasteiger charge is -2.28. The second-order valence-electron chi connectivity index (χ2n) is 6.06. The van der Waals surface area contributed by atoms with E-state index < -0.39 is 0 Å². The Morgan fingerprint density at radius 3 is 2.43 bits per heavy atom. The number of carbonyl (C=O) groups is 1. The standard InChI is InChI=1S/C18H28N2O/c1-3-11-20(12-7-6-10-19-15(2)21)18-13-16-8-4-5-9-17(16)14-18/h4-5,8-9,18H,3,6-7,10-14H2,1-2H3,(H,19,21). The summed E-state index contributed by atoms with van der Waals surface area (Å²) in [6, 6.07) is 9.52. The van der Waals surface area contributed by atoms with Crippen molar-refractivity contribution in [2.75, 3.05) is 19.6 Å². The lowest BCUT2D eigenvalue weighted by Crippen LogP contribution is -2.37. The molecule has 1 aromatic rings. The minimum atomic E-state index is 0.0756. The molecule has 0 radical (unpaired) electrons. The Balaban J connectivity index is 1.79. The number of nitrogens with one attached hydrogen (secondary N) is 1. The van der Waals surface area contributed by atoms with Crippen LogP contribution in [0.25, 0.3) is 0 Å². The number of hydrogen-bond acceptors (Lipinski definition) is 2. The predicted octanol–water partition coefficient (Wildman–Crippen LogP) is 2.78. The summed E-state index contributed by atoms with van der Waals surface area (Å²) in [5.41, 5.74) is 3.06. The number of fused-ring (bicyclic) bond motifs is 1. The number of nitrogens with zero attached hydrogens (tertiary/aromatic N) is 1. The minimum Gasteiger partial charge on any atom is -0.356 e. The monoisotopic (exact) mass is 288 g/mol. The van der Waals surface area contributed by atoms with Crippen molar-refractivity contribution in [2.45, 2.75) is 52.0 Å². The number of amides is 1. The molecule has 0 unspecified atom stereocenters. The first-order valence-electron chi connectivity index (χ1n) is 8.26. The number of hydrogen-bond donors (Lipinski definition) is 1. The lowest BCUT2D eigenvalue weighted by atomic mass is 10.1. The molecule has 0 atom stereocenters. The molecule has 1 N–H and O–H groups in total. The summed E-state index contributed by atoms with van der Waals surface area (Å²) >= 11 is 0. The molecule has 0 saturated heterocycles. The normalized spacial score (nSPS) is 14.4. The summed E-state index contributed by atoms with van der Waals surface area (Å²) in [5, 5.41) is 2.88. The molecule has 1 amide bonds. The summed E-state index contributed by atoms with van der Waals surface area (Å²) in [6.07, 6.45) is 5.83. The fourth-order valence-corrected chi connectivity index (χ4v) is 3.26. The zero-order valence-corrected chi connectivity index (χ0v) is 13.4. The highest BCUT2D eigenvalue weighted by atomic mass is 16.1. The third-order valence-corrected chi connectivity index (χ3v) is 4.30. The maximum Gasteiger partial charge on any atom is 0.216 e. The molecule has 1 aromatic carbocycles. The van der Waals surface area contributed by atoms with Gasteiger partial charge < -0.3 is 5.32 Å². The van der Waals surface area contributed by atoms with Gasteiger partial charge in [0, 0.05) is 19.5 Å². The summed E-state index contributed by atoms with van der Waals surface area (Å²) in [5.74, 6) is 0.0756. The Bertz CT molecular complexity index is 433. The van der Waals surface area contributed by atoms with Gasteiger partial charge in [-0.2, -0.15) is 0 Å². The van der Waals surface area contributed by atoms with Gasteiger partial charge in [-0.1, -0.05) is 31.2 Å². The Morgan fingerprint density at radius 2 is 1.86 bits per heavy atom. The van der Waals surface area contributed by atoms with Crippen molar-refractivity contribution >= 4 is 5.91 Å².